The maximum Gasteiger partial charge on any atom is 0.150 e. The average Bonchev–Trinajstić information content (AvgIpc) is 2.70. The minimum absolute atomic E-state index is 0.0405. The van der Waals surface area contributed by atoms with Crippen LogP contribution in [0.2, 0.25) is 0 Å². The van der Waals surface area contributed by atoms with Gasteiger partial charge in [-0.05, 0) is 42.5 Å². The van der Waals surface area contributed by atoms with E-state index < -0.39 is 21.5 Å². The molecule has 7 heteroatoms. The number of nitrogens with two attached hydrogens (primary N) is 1. The third kappa shape index (κ3) is 3.49. The largest absolute Gasteiger partial charge is 0.271 e. The van der Waals surface area contributed by atoms with Crippen molar-refractivity contribution < 1.29 is 17.2 Å². The fraction of sp³-hybridized carbons (Fsp3) is 0.500. The lowest BCUT2D eigenvalue weighted by atomic mass is 9.93. The summed E-state index contributed by atoms with van der Waals surface area (Å²) in [6.07, 6.45) is 0.661. The Hall–Kier alpha value is -1.05. The molecule has 4 nitrogen and oxygen atoms in total. The molecule has 1 fully saturated rings. The minimum atomic E-state index is -3.02. The van der Waals surface area contributed by atoms with Crippen molar-refractivity contribution in [1.82, 2.24) is 5.43 Å². The molecule has 3 N–H and O–H groups in total. The van der Waals surface area contributed by atoms with Crippen molar-refractivity contribution in [3.63, 3.8) is 0 Å². The summed E-state index contributed by atoms with van der Waals surface area (Å²) >= 11 is 0. The molecule has 1 aromatic rings. The van der Waals surface area contributed by atoms with Gasteiger partial charge in [-0.2, -0.15) is 0 Å². The van der Waals surface area contributed by atoms with Crippen molar-refractivity contribution >= 4 is 9.84 Å². The molecule has 0 saturated carbocycles. The molecule has 0 aliphatic carbocycles. The second-order valence-corrected chi connectivity index (χ2v) is 7.10. The highest BCUT2D eigenvalue weighted by Crippen LogP contribution is 2.24. The highest BCUT2D eigenvalue weighted by Gasteiger charge is 2.33. The lowest BCUT2D eigenvalue weighted by Crippen LogP contribution is -2.43. The zero-order valence-electron chi connectivity index (χ0n) is 10.3. The van der Waals surface area contributed by atoms with Crippen LogP contribution in [0.5, 0.6) is 0 Å². The first kappa shape index (κ1) is 14.4. The molecule has 19 heavy (non-hydrogen) atoms. The van der Waals surface area contributed by atoms with Crippen LogP contribution in [0.4, 0.5) is 8.78 Å². The van der Waals surface area contributed by atoms with Crippen molar-refractivity contribution in [2.24, 2.45) is 11.8 Å². The summed E-state index contributed by atoms with van der Waals surface area (Å²) < 4.78 is 49.5. The predicted octanol–water partition coefficient (Wildman–Crippen LogP) is 0.774. The molecule has 1 aliphatic rings. The van der Waals surface area contributed by atoms with Gasteiger partial charge in [-0.15, -0.1) is 0 Å². The summed E-state index contributed by atoms with van der Waals surface area (Å²) in [5.74, 6) is 4.38. The van der Waals surface area contributed by atoms with E-state index in [0.717, 1.165) is 18.2 Å². The standard InChI is InChI=1S/C12H16F2N2O2S/c13-10-1-2-11(14)9(5-10)6-12(16-15)8-3-4-19(17,18)7-8/h1-2,5,8,12,16H,3-4,6-7,15H2. The molecule has 0 amide bonds. The molecule has 106 valence electrons. The SMILES string of the molecule is NNC(Cc1cc(F)ccc1F)C1CCS(=O)(=O)C1. The first-order chi connectivity index (χ1) is 8.91. The Morgan fingerprint density at radius 1 is 1.42 bits per heavy atom. The number of rotatable bonds is 4. The summed E-state index contributed by atoms with van der Waals surface area (Å²) in [6, 6.07) is 2.84. The number of hydrazine groups is 1. The number of hydrogen-bond donors (Lipinski definition) is 2. The summed E-state index contributed by atoms with van der Waals surface area (Å²) in [5.41, 5.74) is 2.72. The molecule has 1 aromatic carbocycles. The Morgan fingerprint density at radius 3 is 2.74 bits per heavy atom. The molecule has 1 saturated heterocycles. The van der Waals surface area contributed by atoms with Gasteiger partial charge in [0.1, 0.15) is 11.6 Å². The Balaban J connectivity index is 2.13. The van der Waals surface area contributed by atoms with Gasteiger partial charge in [-0.3, -0.25) is 11.3 Å². The van der Waals surface area contributed by atoms with E-state index in [0.29, 0.717) is 6.42 Å². The maximum atomic E-state index is 13.6. The third-order valence-electron chi connectivity index (χ3n) is 3.50. The first-order valence-corrected chi connectivity index (χ1v) is 7.84. The van der Waals surface area contributed by atoms with Gasteiger partial charge < -0.3 is 0 Å². The molecular formula is C12H16F2N2O2S. The minimum Gasteiger partial charge on any atom is -0.271 e. The van der Waals surface area contributed by atoms with Crippen LogP contribution in [-0.4, -0.2) is 26.0 Å². The number of halogens is 2. The van der Waals surface area contributed by atoms with Gasteiger partial charge in [0.25, 0.3) is 0 Å². The Kier molecular flexibility index (Phi) is 4.17. The molecular weight excluding hydrogens is 274 g/mol. The van der Waals surface area contributed by atoms with Gasteiger partial charge in [-0.25, -0.2) is 17.2 Å². The second-order valence-electron chi connectivity index (χ2n) is 4.88. The first-order valence-electron chi connectivity index (χ1n) is 6.02. The summed E-state index contributed by atoms with van der Waals surface area (Å²) in [7, 11) is -3.02. The van der Waals surface area contributed by atoms with E-state index in [1.54, 1.807) is 0 Å². The van der Waals surface area contributed by atoms with E-state index in [9.17, 15) is 17.2 Å². The molecule has 2 rings (SSSR count). The zero-order chi connectivity index (χ0) is 14.0. The Bertz CT molecular complexity index is 563. The zero-order valence-corrected chi connectivity index (χ0v) is 11.1. The highest BCUT2D eigenvalue weighted by atomic mass is 32.2. The van der Waals surface area contributed by atoms with E-state index in [1.165, 1.54) is 0 Å². The summed E-state index contributed by atoms with van der Waals surface area (Å²) in [6.45, 7) is 0. The number of sulfone groups is 1. The van der Waals surface area contributed by atoms with Gasteiger partial charge in [0, 0.05) is 6.04 Å². The van der Waals surface area contributed by atoms with Crippen LogP contribution in [0.1, 0.15) is 12.0 Å². The fourth-order valence-corrected chi connectivity index (χ4v) is 4.32. The van der Waals surface area contributed by atoms with Crippen LogP contribution in [0.3, 0.4) is 0 Å². The van der Waals surface area contributed by atoms with Gasteiger partial charge in [0.2, 0.25) is 0 Å². The van der Waals surface area contributed by atoms with Gasteiger partial charge >= 0.3 is 0 Å². The van der Waals surface area contributed by atoms with Crippen LogP contribution in [0.25, 0.3) is 0 Å². The molecule has 0 bridgehead atoms. The lowest BCUT2D eigenvalue weighted by molar-refractivity contribution is 0.380. The molecule has 0 spiro atoms. The Morgan fingerprint density at radius 2 is 2.16 bits per heavy atom. The molecule has 1 aliphatic heterocycles. The van der Waals surface area contributed by atoms with Crippen molar-refractivity contribution in [1.29, 1.82) is 0 Å². The van der Waals surface area contributed by atoms with Crippen molar-refractivity contribution in [2.45, 2.75) is 18.9 Å². The van der Waals surface area contributed by atoms with E-state index in [4.69, 9.17) is 5.84 Å². The van der Waals surface area contributed by atoms with Gasteiger partial charge in [-0.1, -0.05) is 0 Å². The van der Waals surface area contributed by atoms with Gasteiger partial charge in [0.05, 0.1) is 11.5 Å². The van der Waals surface area contributed by atoms with Crippen molar-refractivity contribution in [3.8, 4) is 0 Å². The van der Waals surface area contributed by atoms with Crippen LogP contribution >= 0.6 is 0 Å². The van der Waals surface area contributed by atoms with Crippen LogP contribution < -0.4 is 11.3 Å². The van der Waals surface area contributed by atoms with Crippen LogP contribution in [0.15, 0.2) is 18.2 Å². The van der Waals surface area contributed by atoms with E-state index in [-0.39, 0.29) is 35.4 Å². The quantitative estimate of drug-likeness (QED) is 0.635. The topological polar surface area (TPSA) is 72.2 Å². The molecule has 1 heterocycles. The third-order valence-corrected chi connectivity index (χ3v) is 5.29. The van der Waals surface area contributed by atoms with E-state index in [1.807, 2.05) is 0 Å². The van der Waals surface area contributed by atoms with E-state index >= 15 is 0 Å². The smallest absolute Gasteiger partial charge is 0.150 e. The number of nitrogens with one attached hydrogen (secondary N) is 1. The Labute approximate surface area is 110 Å². The highest BCUT2D eigenvalue weighted by molar-refractivity contribution is 7.91. The number of benzene rings is 1. The average molecular weight is 290 g/mol. The van der Waals surface area contributed by atoms with E-state index in [2.05, 4.69) is 5.43 Å². The number of hydrogen-bond acceptors (Lipinski definition) is 4. The van der Waals surface area contributed by atoms with Crippen molar-refractivity contribution in [3.05, 3.63) is 35.4 Å². The van der Waals surface area contributed by atoms with Crippen LogP contribution in [0, 0.1) is 17.6 Å². The predicted molar refractivity (Wildman–Crippen MR) is 67.9 cm³/mol. The molecule has 2 unspecified atom stereocenters. The maximum absolute atomic E-state index is 13.6. The summed E-state index contributed by atoms with van der Waals surface area (Å²) in [5, 5.41) is 0. The monoisotopic (exact) mass is 290 g/mol. The normalized spacial score (nSPS) is 23.4. The summed E-state index contributed by atoms with van der Waals surface area (Å²) in [4.78, 5) is 0. The second kappa shape index (κ2) is 5.52. The molecule has 2 atom stereocenters. The lowest BCUT2D eigenvalue weighted by Gasteiger charge is -2.21. The molecule has 0 aromatic heterocycles. The van der Waals surface area contributed by atoms with Gasteiger partial charge in [0.15, 0.2) is 9.84 Å². The fourth-order valence-electron chi connectivity index (χ4n) is 2.44. The van der Waals surface area contributed by atoms with Crippen molar-refractivity contribution in [2.75, 3.05) is 11.5 Å². The van der Waals surface area contributed by atoms with Crippen LogP contribution in [-0.2, 0) is 16.3 Å². The molecule has 0 radical (unpaired) electrons.